The Kier molecular flexibility index (Phi) is 5.62. The fraction of sp³-hybridized carbons (Fsp3) is 0.350. The number of para-hydroxylation sites is 1. The molecule has 0 saturated carbocycles. The third kappa shape index (κ3) is 4.22. The van der Waals surface area contributed by atoms with Crippen LogP contribution in [0, 0.1) is 0 Å². The molecule has 0 spiro atoms. The molecule has 3 rings (SSSR count). The molecule has 126 valence electrons. The number of benzene rings is 2. The van der Waals surface area contributed by atoms with Crippen molar-refractivity contribution in [2.45, 2.75) is 25.3 Å². The Balaban J connectivity index is 1.61. The van der Waals surface area contributed by atoms with E-state index in [1.807, 2.05) is 18.2 Å². The van der Waals surface area contributed by atoms with Crippen LogP contribution in [-0.2, 0) is 11.3 Å². The smallest absolute Gasteiger partial charge is 0.238 e. The highest BCUT2D eigenvalue weighted by Crippen LogP contribution is 2.33. The van der Waals surface area contributed by atoms with Gasteiger partial charge in [-0.05, 0) is 49.0 Å². The Hall–Kier alpha value is -2.17. The molecular formula is C20H25N3O. The van der Waals surface area contributed by atoms with Crippen molar-refractivity contribution in [1.82, 2.24) is 4.90 Å². The van der Waals surface area contributed by atoms with Gasteiger partial charge < -0.3 is 11.1 Å². The lowest BCUT2D eigenvalue weighted by atomic mass is 9.88. The second-order valence-electron chi connectivity index (χ2n) is 6.38. The second kappa shape index (κ2) is 8.08. The lowest BCUT2D eigenvalue weighted by molar-refractivity contribution is -0.114. The molecule has 0 unspecified atom stereocenters. The molecule has 0 bridgehead atoms. The lowest BCUT2D eigenvalue weighted by Crippen LogP contribution is -2.32. The zero-order valence-corrected chi connectivity index (χ0v) is 13.9. The van der Waals surface area contributed by atoms with Gasteiger partial charge in [-0.1, -0.05) is 48.5 Å². The molecule has 1 aliphatic rings. The summed E-state index contributed by atoms with van der Waals surface area (Å²) in [5, 5.41) is 2.93. The Morgan fingerprint density at radius 3 is 2.42 bits per heavy atom. The molecule has 4 nitrogen and oxygen atoms in total. The minimum atomic E-state index is -0.135. The van der Waals surface area contributed by atoms with Crippen molar-refractivity contribution >= 4 is 11.6 Å². The predicted octanol–water partition coefficient (Wildman–Crippen LogP) is 2.96. The van der Waals surface area contributed by atoms with Crippen molar-refractivity contribution in [3.8, 4) is 0 Å². The molecule has 1 amide bonds. The molecule has 0 aromatic heterocycles. The second-order valence-corrected chi connectivity index (χ2v) is 6.38. The number of likely N-dealkylation sites (tertiary alicyclic amines) is 1. The van der Waals surface area contributed by atoms with Crippen molar-refractivity contribution in [1.29, 1.82) is 0 Å². The molecule has 1 heterocycles. The van der Waals surface area contributed by atoms with Crippen LogP contribution in [0.2, 0.25) is 0 Å². The normalized spacial score (nSPS) is 16.0. The van der Waals surface area contributed by atoms with Gasteiger partial charge in [0.05, 0.1) is 6.54 Å². The molecule has 1 fully saturated rings. The zero-order chi connectivity index (χ0) is 16.8. The van der Waals surface area contributed by atoms with Crippen LogP contribution < -0.4 is 11.1 Å². The number of nitrogens with two attached hydrogens (primary N) is 1. The largest absolute Gasteiger partial charge is 0.325 e. The van der Waals surface area contributed by atoms with Crippen molar-refractivity contribution in [3.05, 3.63) is 65.7 Å². The van der Waals surface area contributed by atoms with Crippen molar-refractivity contribution < 1.29 is 4.79 Å². The summed E-state index contributed by atoms with van der Waals surface area (Å²) >= 11 is 0. The van der Waals surface area contributed by atoms with Gasteiger partial charge in [0, 0.05) is 12.2 Å². The summed E-state index contributed by atoms with van der Waals surface area (Å²) in [4.78, 5) is 14.1. The van der Waals surface area contributed by atoms with E-state index in [9.17, 15) is 4.79 Å². The van der Waals surface area contributed by atoms with E-state index in [0.29, 0.717) is 5.92 Å². The van der Waals surface area contributed by atoms with Gasteiger partial charge in [-0.2, -0.15) is 0 Å². The van der Waals surface area contributed by atoms with Gasteiger partial charge in [0.15, 0.2) is 0 Å². The number of carbonyl (C=O) groups excluding carboxylic acids is 1. The average molecular weight is 323 g/mol. The summed E-state index contributed by atoms with van der Waals surface area (Å²) in [5.74, 6) is 0.357. The fourth-order valence-corrected chi connectivity index (χ4v) is 3.41. The molecule has 3 N–H and O–H groups in total. The van der Waals surface area contributed by atoms with Gasteiger partial charge in [-0.3, -0.25) is 9.69 Å². The number of carbonyl (C=O) groups is 1. The Morgan fingerprint density at radius 1 is 1.04 bits per heavy atom. The number of amides is 1. The molecular weight excluding hydrogens is 298 g/mol. The Labute approximate surface area is 143 Å². The van der Waals surface area contributed by atoms with E-state index in [1.54, 1.807) is 0 Å². The first kappa shape index (κ1) is 16.7. The zero-order valence-electron chi connectivity index (χ0n) is 13.9. The first-order valence-electron chi connectivity index (χ1n) is 8.61. The molecule has 1 saturated heterocycles. The van der Waals surface area contributed by atoms with Crippen molar-refractivity contribution in [3.63, 3.8) is 0 Å². The first-order valence-corrected chi connectivity index (χ1v) is 8.61. The topological polar surface area (TPSA) is 58.4 Å². The Morgan fingerprint density at radius 2 is 1.71 bits per heavy atom. The van der Waals surface area contributed by atoms with Gasteiger partial charge >= 0.3 is 0 Å². The highest BCUT2D eigenvalue weighted by molar-refractivity contribution is 5.92. The van der Waals surface area contributed by atoms with Crippen LogP contribution in [0.5, 0.6) is 0 Å². The monoisotopic (exact) mass is 323 g/mol. The lowest BCUT2D eigenvalue weighted by Gasteiger charge is -2.33. The van der Waals surface area contributed by atoms with E-state index >= 15 is 0 Å². The van der Waals surface area contributed by atoms with E-state index in [1.165, 1.54) is 11.1 Å². The standard InChI is InChI=1S/C20H25N3O/c21-14-20(24)22-19-9-5-4-8-18(19)17-10-12-23(13-11-17)15-16-6-2-1-3-7-16/h1-9,17H,10-15,21H2,(H,22,24). The van der Waals surface area contributed by atoms with Crippen LogP contribution in [0.1, 0.15) is 29.9 Å². The summed E-state index contributed by atoms with van der Waals surface area (Å²) in [6.07, 6.45) is 2.23. The van der Waals surface area contributed by atoms with Crippen molar-refractivity contribution in [2.24, 2.45) is 5.73 Å². The highest BCUT2D eigenvalue weighted by Gasteiger charge is 2.22. The van der Waals surface area contributed by atoms with Crippen LogP contribution in [0.25, 0.3) is 0 Å². The molecule has 0 atom stereocenters. The molecule has 2 aromatic carbocycles. The highest BCUT2D eigenvalue weighted by atomic mass is 16.1. The summed E-state index contributed by atoms with van der Waals surface area (Å²) < 4.78 is 0. The van der Waals surface area contributed by atoms with E-state index in [2.05, 4.69) is 46.6 Å². The third-order valence-electron chi connectivity index (χ3n) is 4.70. The number of rotatable bonds is 5. The Bertz CT molecular complexity index is 664. The maximum absolute atomic E-state index is 11.6. The number of piperidine rings is 1. The maximum Gasteiger partial charge on any atom is 0.238 e. The molecule has 4 heteroatoms. The summed E-state index contributed by atoms with van der Waals surface area (Å²) in [7, 11) is 0. The van der Waals surface area contributed by atoms with E-state index in [0.717, 1.165) is 38.2 Å². The quantitative estimate of drug-likeness (QED) is 0.889. The third-order valence-corrected chi connectivity index (χ3v) is 4.70. The average Bonchev–Trinajstić information content (AvgIpc) is 2.64. The number of anilines is 1. The molecule has 24 heavy (non-hydrogen) atoms. The van der Waals surface area contributed by atoms with Crippen molar-refractivity contribution in [2.75, 3.05) is 25.0 Å². The maximum atomic E-state index is 11.6. The van der Waals surface area contributed by atoms with Crippen LogP contribution in [0.3, 0.4) is 0 Å². The van der Waals surface area contributed by atoms with Gasteiger partial charge in [0.25, 0.3) is 0 Å². The molecule has 0 radical (unpaired) electrons. The van der Waals surface area contributed by atoms with E-state index in [-0.39, 0.29) is 12.5 Å². The molecule has 1 aliphatic heterocycles. The minimum Gasteiger partial charge on any atom is -0.325 e. The van der Waals surface area contributed by atoms with Gasteiger partial charge in [-0.15, -0.1) is 0 Å². The fourth-order valence-electron chi connectivity index (χ4n) is 3.41. The first-order chi connectivity index (χ1) is 11.8. The number of hydrogen-bond acceptors (Lipinski definition) is 3. The number of hydrogen-bond donors (Lipinski definition) is 2. The van der Waals surface area contributed by atoms with E-state index < -0.39 is 0 Å². The number of nitrogens with zero attached hydrogens (tertiary/aromatic N) is 1. The summed E-state index contributed by atoms with van der Waals surface area (Å²) in [6.45, 7) is 3.19. The van der Waals surface area contributed by atoms with Gasteiger partial charge in [-0.25, -0.2) is 0 Å². The van der Waals surface area contributed by atoms with Crippen LogP contribution in [-0.4, -0.2) is 30.4 Å². The van der Waals surface area contributed by atoms with Gasteiger partial charge in [0.2, 0.25) is 5.91 Å². The van der Waals surface area contributed by atoms with Gasteiger partial charge in [0.1, 0.15) is 0 Å². The molecule has 0 aliphatic carbocycles. The summed E-state index contributed by atoms with van der Waals surface area (Å²) in [6, 6.07) is 18.7. The van der Waals surface area contributed by atoms with Crippen LogP contribution in [0.4, 0.5) is 5.69 Å². The predicted molar refractivity (Wildman–Crippen MR) is 97.8 cm³/mol. The van der Waals surface area contributed by atoms with E-state index in [4.69, 9.17) is 5.73 Å². The molecule has 2 aromatic rings. The SMILES string of the molecule is NCC(=O)Nc1ccccc1C1CCN(Cc2ccccc2)CC1. The number of nitrogens with one attached hydrogen (secondary N) is 1. The van der Waals surface area contributed by atoms with Crippen LogP contribution >= 0.6 is 0 Å². The minimum absolute atomic E-state index is 0.0177. The summed E-state index contributed by atoms with van der Waals surface area (Å²) in [5.41, 5.74) is 8.93. The van der Waals surface area contributed by atoms with Crippen LogP contribution in [0.15, 0.2) is 54.6 Å².